The number of benzene rings is 3. The van der Waals surface area contributed by atoms with E-state index in [0.717, 1.165) is 22.2 Å². The maximum Gasteiger partial charge on any atom is 0.222 e. The van der Waals surface area contributed by atoms with Gasteiger partial charge in [0.25, 0.3) is 0 Å². The van der Waals surface area contributed by atoms with Gasteiger partial charge in [0.1, 0.15) is 12.1 Å². The Labute approximate surface area is 156 Å². The van der Waals surface area contributed by atoms with E-state index in [1.54, 1.807) is 6.20 Å². The number of nitrogens with zero attached hydrogens (tertiary/aromatic N) is 3. The normalized spacial score (nSPS) is 11.0. The first-order chi connectivity index (χ1) is 13.3. The lowest BCUT2D eigenvalue weighted by Crippen LogP contribution is -1.92. The summed E-state index contributed by atoms with van der Waals surface area (Å²) in [6.45, 7) is 0. The van der Waals surface area contributed by atoms with Crippen molar-refractivity contribution in [3.05, 3.63) is 91.4 Å². The van der Waals surface area contributed by atoms with Gasteiger partial charge in [-0.3, -0.25) is 4.98 Å². The van der Waals surface area contributed by atoms with E-state index < -0.39 is 0 Å². The molecule has 4 nitrogen and oxygen atoms in total. The Kier molecular flexibility index (Phi) is 3.72. The van der Waals surface area contributed by atoms with Crippen LogP contribution in [-0.2, 0) is 0 Å². The van der Waals surface area contributed by atoms with E-state index in [2.05, 4.69) is 45.3 Å². The SMILES string of the molecule is c1ccc2cc(-c3cc(Oc4ccc5cccnc5c4)ncn3)ccc2c1. The summed E-state index contributed by atoms with van der Waals surface area (Å²) in [7, 11) is 0. The number of hydrogen-bond donors (Lipinski definition) is 0. The zero-order chi connectivity index (χ0) is 18.1. The van der Waals surface area contributed by atoms with Crippen LogP contribution in [-0.4, -0.2) is 15.0 Å². The van der Waals surface area contributed by atoms with Gasteiger partial charge >= 0.3 is 0 Å². The zero-order valence-corrected chi connectivity index (χ0v) is 14.4. The molecule has 0 N–H and O–H groups in total. The first kappa shape index (κ1) is 15.5. The second-order valence-electron chi connectivity index (χ2n) is 6.26. The molecule has 0 saturated heterocycles. The van der Waals surface area contributed by atoms with E-state index in [9.17, 15) is 0 Å². The summed E-state index contributed by atoms with van der Waals surface area (Å²) in [5.41, 5.74) is 2.74. The predicted molar refractivity (Wildman–Crippen MR) is 107 cm³/mol. The standard InChI is InChI=1S/C23H15N3O/c1-2-5-18-12-19(8-7-16(18)4-1)22-14-23(26-15-25-22)27-20-10-9-17-6-3-11-24-21(17)13-20/h1-15H. The van der Waals surface area contributed by atoms with E-state index in [-0.39, 0.29) is 0 Å². The molecule has 27 heavy (non-hydrogen) atoms. The molecule has 2 aromatic heterocycles. The second kappa shape index (κ2) is 6.50. The highest BCUT2D eigenvalue weighted by Crippen LogP contribution is 2.27. The molecule has 0 saturated carbocycles. The van der Waals surface area contributed by atoms with Crippen LogP contribution < -0.4 is 4.74 Å². The molecule has 0 unspecified atom stereocenters. The molecular formula is C23H15N3O. The van der Waals surface area contributed by atoms with E-state index in [4.69, 9.17) is 4.74 Å². The van der Waals surface area contributed by atoms with E-state index >= 15 is 0 Å². The number of aromatic nitrogens is 3. The fourth-order valence-electron chi connectivity index (χ4n) is 3.13. The smallest absolute Gasteiger partial charge is 0.222 e. The molecule has 5 aromatic rings. The fourth-order valence-corrected chi connectivity index (χ4v) is 3.13. The van der Waals surface area contributed by atoms with Crippen LogP contribution in [0.2, 0.25) is 0 Å². The highest BCUT2D eigenvalue weighted by atomic mass is 16.5. The Hall–Kier alpha value is -3.79. The van der Waals surface area contributed by atoms with Crippen LogP contribution in [0.5, 0.6) is 11.6 Å². The molecule has 0 amide bonds. The number of fused-ring (bicyclic) bond motifs is 2. The molecule has 0 radical (unpaired) electrons. The Morgan fingerprint density at radius 2 is 1.48 bits per heavy atom. The zero-order valence-electron chi connectivity index (χ0n) is 14.4. The molecule has 5 rings (SSSR count). The summed E-state index contributed by atoms with van der Waals surface area (Å²) in [5, 5.41) is 3.46. The van der Waals surface area contributed by atoms with Crippen LogP contribution in [0.15, 0.2) is 91.4 Å². The van der Waals surface area contributed by atoms with Gasteiger partial charge in [0.05, 0.1) is 11.2 Å². The quantitative estimate of drug-likeness (QED) is 0.423. The molecule has 0 aliphatic rings. The summed E-state index contributed by atoms with van der Waals surface area (Å²) >= 11 is 0. The third kappa shape index (κ3) is 3.09. The highest BCUT2D eigenvalue weighted by molar-refractivity contribution is 5.86. The van der Waals surface area contributed by atoms with Crippen LogP contribution in [0.25, 0.3) is 32.9 Å². The van der Waals surface area contributed by atoms with E-state index in [1.165, 1.54) is 17.1 Å². The number of pyridine rings is 1. The molecule has 128 valence electrons. The van der Waals surface area contributed by atoms with Gasteiger partial charge in [-0.05, 0) is 35.0 Å². The van der Waals surface area contributed by atoms with Gasteiger partial charge in [-0.15, -0.1) is 0 Å². The molecule has 2 heterocycles. The fraction of sp³-hybridized carbons (Fsp3) is 0. The summed E-state index contributed by atoms with van der Waals surface area (Å²) < 4.78 is 5.94. The van der Waals surface area contributed by atoms with Crippen molar-refractivity contribution in [2.24, 2.45) is 0 Å². The molecule has 4 heteroatoms. The maximum absolute atomic E-state index is 5.94. The van der Waals surface area contributed by atoms with Crippen molar-refractivity contribution in [3.63, 3.8) is 0 Å². The third-order valence-corrected chi connectivity index (χ3v) is 4.49. The Morgan fingerprint density at radius 1 is 0.630 bits per heavy atom. The molecule has 0 bridgehead atoms. The van der Waals surface area contributed by atoms with Crippen LogP contribution in [0.4, 0.5) is 0 Å². The molecule has 3 aromatic carbocycles. The van der Waals surface area contributed by atoms with Gasteiger partial charge in [0.2, 0.25) is 5.88 Å². The lowest BCUT2D eigenvalue weighted by Gasteiger charge is -2.08. The lowest BCUT2D eigenvalue weighted by atomic mass is 10.1. The van der Waals surface area contributed by atoms with Crippen LogP contribution in [0.3, 0.4) is 0 Å². The number of ether oxygens (including phenoxy) is 1. The predicted octanol–water partition coefficient (Wildman–Crippen LogP) is 5.64. The molecule has 0 spiro atoms. The third-order valence-electron chi connectivity index (χ3n) is 4.49. The molecule has 0 fully saturated rings. The van der Waals surface area contributed by atoms with Gasteiger partial charge in [-0.2, -0.15) is 0 Å². The van der Waals surface area contributed by atoms with Gasteiger partial charge in [-0.25, -0.2) is 9.97 Å². The Morgan fingerprint density at radius 3 is 2.44 bits per heavy atom. The Bertz CT molecular complexity index is 1270. The second-order valence-corrected chi connectivity index (χ2v) is 6.26. The summed E-state index contributed by atoms with van der Waals surface area (Å²) in [4.78, 5) is 13.0. The molecular weight excluding hydrogens is 334 g/mol. The van der Waals surface area contributed by atoms with E-state index in [0.29, 0.717) is 11.6 Å². The monoisotopic (exact) mass is 349 g/mol. The lowest BCUT2D eigenvalue weighted by molar-refractivity contribution is 0.462. The first-order valence-electron chi connectivity index (χ1n) is 8.69. The maximum atomic E-state index is 5.94. The van der Waals surface area contributed by atoms with Crippen molar-refractivity contribution in [1.29, 1.82) is 0 Å². The molecule has 0 aliphatic carbocycles. The van der Waals surface area contributed by atoms with Gasteiger partial charge in [0, 0.05) is 29.3 Å². The van der Waals surface area contributed by atoms with Gasteiger partial charge in [0.15, 0.2) is 0 Å². The minimum Gasteiger partial charge on any atom is -0.439 e. The van der Waals surface area contributed by atoms with Crippen molar-refractivity contribution in [2.45, 2.75) is 0 Å². The van der Waals surface area contributed by atoms with Crippen LogP contribution >= 0.6 is 0 Å². The highest BCUT2D eigenvalue weighted by Gasteiger charge is 2.06. The Balaban J connectivity index is 1.48. The first-order valence-corrected chi connectivity index (χ1v) is 8.69. The van der Waals surface area contributed by atoms with Crippen molar-refractivity contribution in [1.82, 2.24) is 15.0 Å². The topological polar surface area (TPSA) is 47.9 Å². The number of rotatable bonds is 3. The minimum atomic E-state index is 0.503. The van der Waals surface area contributed by atoms with Crippen molar-refractivity contribution in [3.8, 4) is 22.9 Å². The van der Waals surface area contributed by atoms with E-state index in [1.807, 2.05) is 48.5 Å². The molecule has 0 aliphatic heterocycles. The van der Waals surface area contributed by atoms with Crippen molar-refractivity contribution < 1.29 is 4.74 Å². The summed E-state index contributed by atoms with van der Waals surface area (Å²) in [6, 6.07) is 26.2. The van der Waals surface area contributed by atoms with Crippen LogP contribution in [0.1, 0.15) is 0 Å². The van der Waals surface area contributed by atoms with Crippen molar-refractivity contribution >= 4 is 21.7 Å². The largest absolute Gasteiger partial charge is 0.439 e. The van der Waals surface area contributed by atoms with Crippen LogP contribution in [0, 0.1) is 0 Å². The minimum absolute atomic E-state index is 0.503. The average molecular weight is 349 g/mol. The summed E-state index contributed by atoms with van der Waals surface area (Å²) in [5.74, 6) is 1.20. The summed E-state index contributed by atoms with van der Waals surface area (Å²) in [6.07, 6.45) is 3.30. The number of hydrogen-bond acceptors (Lipinski definition) is 4. The molecule has 0 atom stereocenters. The average Bonchev–Trinajstić information content (AvgIpc) is 2.73. The van der Waals surface area contributed by atoms with Crippen molar-refractivity contribution in [2.75, 3.05) is 0 Å². The van der Waals surface area contributed by atoms with Gasteiger partial charge < -0.3 is 4.74 Å². The van der Waals surface area contributed by atoms with Gasteiger partial charge in [-0.1, -0.05) is 42.5 Å².